The third-order valence-corrected chi connectivity index (χ3v) is 7.52. The van der Waals surface area contributed by atoms with Gasteiger partial charge in [0.05, 0.1) is 15.5 Å². The van der Waals surface area contributed by atoms with Crippen LogP contribution in [0.5, 0.6) is 0 Å². The minimum atomic E-state index is -4.76. The van der Waals surface area contributed by atoms with Crippen LogP contribution in [0.2, 0.25) is 5.02 Å². The maximum absolute atomic E-state index is 13.1. The lowest BCUT2D eigenvalue weighted by molar-refractivity contribution is -0.137. The molecular formula is C21H22ClF3N2O3S. The first-order chi connectivity index (χ1) is 14.5. The molecule has 10 heteroatoms. The van der Waals surface area contributed by atoms with E-state index in [1.165, 1.54) is 0 Å². The number of hydrogen-bond donors (Lipinski definition) is 1. The average Bonchev–Trinajstić information content (AvgIpc) is 2.72. The van der Waals surface area contributed by atoms with Gasteiger partial charge in [0.2, 0.25) is 15.9 Å². The highest BCUT2D eigenvalue weighted by molar-refractivity contribution is 7.89. The van der Waals surface area contributed by atoms with Crippen LogP contribution in [-0.2, 0) is 27.5 Å². The maximum atomic E-state index is 13.1. The highest BCUT2D eigenvalue weighted by Gasteiger charge is 2.37. The van der Waals surface area contributed by atoms with Gasteiger partial charge in [-0.1, -0.05) is 41.4 Å². The highest BCUT2D eigenvalue weighted by atomic mass is 35.5. The maximum Gasteiger partial charge on any atom is 0.417 e. The van der Waals surface area contributed by atoms with Crippen molar-refractivity contribution in [2.24, 2.45) is 5.92 Å². The van der Waals surface area contributed by atoms with Gasteiger partial charge in [-0.25, -0.2) is 8.42 Å². The molecule has 0 aliphatic carbocycles. The molecule has 1 aliphatic rings. The molecule has 2 aromatic carbocycles. The Kier molecular flexibility index (Phi) is 6.98. The Morgan fingerprint density at radius 2 is 1.74 bits per heavy atom. The number of halogens is 4. The van der Waals surface area contributed by atoms with Gasteiger partial charge in [-0.2, -0.15) is 17.5 Å². The summed E-state index contributed by atoms with van der Waals surface area (Å²) in [5, 5.41) is 2.30. The van der Waals surface area contributed by atoms with Crippen LogP contribution in [0.15, 0.2) is 47.4 Å². The minimum Gasteiger partial charge on any atom is -0.352 e. The second-order valence-corrected chi connectivity index (χ2v) is 9.87. The molecule has 1 amide bonds. The molecule has 1 N–H and O–H groups in total. The van der Waals surface area contributed by atoms with Crippen LogP contribution in [0.3, 0.4) is 0 Å². The van der Waals surface area contributed by atoms with E-state index >= 15 is 0 Å². The van der Waals surface area contributed by atoms with E-state index in [2.05, 4.69) is 5.32 Å². The van der Waals surface area contributed by atoms with Gasteiger partial charge < -0.3 is 5.32 Å². The molecule has 0 bridgehead atoms. The van der Waals surface area contributed by atoms with Crippen LogP contribution < -0.4 is 5.32 Å². The standard InChI is InChI=1S/C21H22ClF3N2O3S/c1-14-2-4-15(5-3-14)13-26-20(28)16-8-10-27(11-9-16)31(29,30)17-6-7-19(22)18(12-17)21(23,24)25/h2-7,12,16H,8-11,13H2,1H3,(H,26,28). The second kappa shape index (κ2) is 9.18. The molecule has 168 valence electrons. The normalized spacial score (nSPS) is 16.3. The molecule has 0 unspecified atom stereocenters. The summed E-state index contributed by atoms with van der Waals surface area (Å²) in [7, 11) is -4.13. The van der Waals surface area contributed by atoms with Gasteiger partial charge in [-0.05, 0) is 43.5 Å². The summed E-state index contributed by atoms with van der Waals surface area (Å²) in [5.41, 5.74) is 0.884. The van der Waals surface area contributed by atoms with Gasteiger partial charge in [-0.15, -0.1) is 0 Å². The fourth-order valence-corrected chi connectivity index (χ4v) is 5.15. The van der Waals surface area contributed by atoms with E-state index in [9.17, 15) is 26.4 Å². The Hall–Kier alpha value is -2.10. The van der Waals surface area contributed by atoms with E-state index in [1.54, 1.807) is 0 Å². The van der Waals surface area contributed by atoms with E-state index in [4.69, 9.17) is 11.6 Å². The number of amides is 1. The quantitative estimate of drug-likeness (QED) is 0.699. The molecule has 0 atom stereocenters. The topological polar surface area (TPSA) is 66.5 Å². The third-order valence-electron chi connectivity index (χ3n) is 5.29. The number of carbonyl (C=O) groups is 1. The summed E-state index contributed by atoms with van der Waals surface area (Å²) in [6, 6.07) is 10.3. The van der Waals surface area contributed by atoms with Gasteiger partial charge in [0.25, 0.3) is 0 Å². The molecule has 31 heavy (non-hydrogen) atoms. The number of carbonyl (C=O) groups excluding carboxylic acids is 1. The molecule has 3 rings (SSSR count). The molecule has 1 heterocycles. The predicted octanol–water partition coefficient (Wildman–Crippen LogP) is 4.38. The van der Waals surface area contributed by atoms with E-state index in [0.29, 0.717) is 25.5 Å². The van der Waals surface area contributed by atoms with E-state index in [0.717, 1.165) is 27.6 Å². The Balaban J connectivity index is 1.62. The van der Waals surface area contributed by atoms with E-state index in [-0.39, 0.29) is 24.9 Å². The highest BCUT2D eigenvalue weighted by Crippen LogP contribution is 2.36. The summed E-state index contributed by atoms with van der Waals surface area (Å²) < 4.78 is 66.0. The number of alkyl halides is 3. The van der Waals surface area contributed by atoms with Crippen LogP contribution in [0.25, 0.3) is 0 Å². The van der Waals surface area contributed by atoms with Crippen molar-refractivity contribution >= 4 is 27.5 Å². The van der Waals surface area contributed by atoms with Gasteiger partial charge in [0, 0.05) is 25.6 Å². The fraction of sp³-hybridized carbons (Fsp3) is 0.381. The molecule has 2 aromatic rings. The first kappa shape index (κ1) is 23.6. The Labute approximate surface area is 184 Å². The molecular weight excluding hydrogens is 453 g/mol. The summed E-state index contributed by atoms with van der Waals surface area (Å²) >= 11 is 5.58. The van der Waals surface area contributed by atoms with Crippen LogP contribution in [0.1, 0.15) is 29.5 Å². The zero-order chi connectivity index (χ0) is 22.8. The largest absolute Gasteiger partial charge is 0.417 e. The number of sulfonamides is 1. The van der Waals surface area contributed by atoms with Crippen LogP contribution in [0, 0.1) is 12.8 Å². The lowest BCUT2D eigenvalue weighted by Gasteiger charge is -2.30. The molecule has 0 saturated carbocycles. The van der Waals surface area contributed by atoms with Crippen LogP contribution in [-0.4, -0.2) is 31.7 Å². The summed E-state index contributed by atoms with van der Waals surface area (Å²) in [6.45, 7) is 2.45. The molecule has 0 aromatic heterocycles. The SMILES string of the molecule is Cc1ccc(CNC(=O)C2CCN(S(=O)(=O)c3ccc(Cl)c(C(F)(F)F)c3)CC2)cc1. The minimum absolute atomic E-state index is 0.0505. The summed E-state index contributed by atoms with van der Waals surface area (Å²) in [5.74, 6) is -0.517. The number of nitrogens with one attached hydrogen (secondary N) is 1. The van der Waals surface area contributed by atoms with Crippen LogP contribution >= 0.6 is 11.6 Å². The van der Waals surface area contributed by atoms with Crippen molar-refractivity contribution in [3.05, 3.63) is 64.2 Å². The van der Waals surface area contributed by atoms with Gasteiger partial charge in [-0.3, -0.25) is 4.79 Å². The zero-order valence-corrected chi connectivity index (χ0v) is 18.3. The number of nitrogens with zero attached hydrogens (tertiary/aromatic N) is 1. The Morgan fingerprint density at radius 1 is 1.13 bits per heavy atom. The number of hydrogen-bond acceptors (Lipinski definition) is 3. The predicted molar refractivity (Wildman–Crippen MR) is 111 cm³/mol. The van der Waals surface area contributed by atoms with Crippen molar-refractivity contribution < 1.29 is 26.4 Å². The van der Waals surface area contributed by atoms with Crippen molar-refractivity contribution in [2.45, 2.75) is 37.4 Å². The van der Waals surface area contributed by atoms with Crippen molar-refractivity contribution in [3.8, 4) is 0 Å². The van der Waals surface area contributed by atoms with Gasteiger partial charge in [0.1, 0.15) is 0 Å². The molecule has 5 nitrogen and oxygen atoms in total. The first-order valence-corrected chi connectivity index (χ1v) is 11.5. The Morgan fingerprint density at radius 3 is 2.32 bits per heavy atom. The summed E-state index contributed by atoms with van der Waals surface area (Å²) in [6.07, 6.45) is -4.18. The van der Waals surface area contributed by atoms with E-state index in [1.807, 2.05) is 31.2 Å². The molecule has 1 fully saturated rings. The van der Waals surface area contributed by atoms with Crippen molar-refractivity contribution in [3.63, 3.8) is 0 Å². The summed E-state index contributed by atoms with van der Waals surface area (Å²) in [4.78, 5) is 12.0. The van der Waals surface area contributed by atoms with Crippen LogP contribution in [0.4, 0.5) is 13.2 Å². The number of aryl methyl sites for hydroxylation is 1. The zero-order valence-electron chi connectivity index (χ0n) is 16.7. The second-order valence-electron chi connectivity index (χ2n) is 7.52. The average molecular weight is 475 g/mol. The van der Waals surface area contributed by atoms with Gasteiger partial charge in [0.15, 0.2) is 0 Å². The first-order valence-electron chi connectivity index (χ1n) is 9.68. The molecule has 1 saturated heterocycles. The monoisotopic (exact) mass is 474 g/mol. The third kappa shape index (κ3) is 5.58. The lowest BCUT2D eigenvalue weighted by Crippen LogP contribution is -2.42. The number of piperidine rings is 1. The smallest absolute Gasteiger partial charge is 0.352 e. The molecule has 1 aliphatic heterocycles. The van der Waals surface area contributed by atoms with Gasteiger partial charge >= 0.3 is 6.18 Å². The van der Waals surface area contributed by atoms with Crippen molar-refractivity contribution in [1.29, 1.82) is 0 Å². The van der Waals surface area contributed by atoms with Crippen molar-refractivity contribution in [2.75, 3.05) is 13.1 Å². The fourth-order valence-electron chi connectivity index (χ4n) is 3.43. The number of rotatable bonds is 5. The van der Waals surface area contributed by atoms with E-state index < -0.39 is 31.7 Å². The molecule has 0 spiro atoms. The van der Waals surface area contributed by atoms with Crippen molar-refractivity contribution in [1.82, 2.24) is 9.62 Å². The number of benzene rings is 2. The molecule has 0 radical (unpaired) electrons. The lowest BCUT2D eigenvalue weighted by atomic mass is 9.97. The Bertz CT molecular complexity index is 1050.